The molecule has 0 fully saturated rings. The number of halogens is 1. The number of likely N-dealkylation sites (N-methyl/N-ethyl adjacent to an activating group) is 1. The highest BCUT2D eigenvalue weighted by Gasteiger charge is 2.26. The topological polar surface area (TPSA) is 78.1 Å². The van der Waals surface area contributed by atoms with Crippen LogP contribution in [-0.2, 0) is 16.0 Å². The SMILES string of the molecule is CC(C)CC(=O)NC(C(=O)N(C)CCCc1cc(-c2cccc(F)c2)n[nH]1)C(C)C. The summed E-state index contributed by atoms with van der Waals surface area (Å²) < 4.78 is 13.4. The van der Waals surface area contributed by atoms with E-state index >= 15 is 0 Å². The number of nitrogens with one attached hydrogen (secondary N) is 2. The van der Waals surface area contributed by atoms with E-state index in [-0.39, 0.29) is 29.5 Å². The quantitative estimate of drug-likeness (QED) is 0.618. The first kappa shape index (κ1) is 23.6. The smallest absolute Gasteiger partial charge is 0.245 e. The number of carbonyl (C=O) groups is 2. The van der Waals surface area contributed by atoms with Crippen LogP contribution in [0, 0.1) is 17.7 Å². The molecule has 0 aliphatic carbocycles. The number of hydrogen-bond acceptors (Lipinski definition) is 3. The van der Waals surface area contributed by atoms with Gasteiger partial charge >= 0.3 is 0 Å². The van der Waals surface area contributed by atoms with Crippen LogP contribution in [0.4, 0.5) is 4.39 Å². The lowest BCUT2D eigenvalue weighted by molar-refractivity contribution is -0.136. The predicted octanol–water partition coefficient (Wildman–Crippen LogP) is 3.79. The molecule has 0 bridgehead atoms. The molecule has 6 nitrogen and oxygen atoms in total. The highest BCUT2D eigenvalue weighted by molar-refractivity contribution is 5.87. The first-order valence-electron chi connectivity index (χ1n) is 10.5. The third-order valence-electron chi connectivity index (χ3n) is 4.91. The van der Waals surface area contributed by atoms with E-state index in [0.29, 0.717) is 25.1 Å². The fourth-order valence-corrected chi connectivity index (χ4v) is 3.26. The van der Waals surface area contributed by atoms with E-state index in [2.05, 4.69) is 15.5 Å². The molecule has 0 spiro atoms. The number of aromatic amines is 1. The van der Waals surface area contributed by atoms with Crippen molar-refractivity contribution in [2.45, 2.75) is 53.0 Å². The molecule has 2 N–H and O–H groups in total. The number of carbonyl (C=O) groups excluding carboxylic acids is 2. The highest BCUT2D eigenvalue weighted by atomic mass is 19.1. The summed E-state index contributed by atoms with van der Waals surface area (Å²) in [6.45, 7) is 8.39. The third-order valence-corrected chi connectivity index (χ3v) is 4.91. The van der Waals surface area contributed by atoms with E-state index in [9.17, 15) is 14.0 Å². The van der Waals surface area contributed by atoms with Gasteiger partial charge in [0.2, 0.25) is 11.8 Å². The van der Waals surface area contributed by atoms with Crippen LogP contribution < -0.4 is 5.32 Å². The van der Waals surface area contributed by atoms with Crippen molar-refractivity contribution in [1.29, 1.82) is 0 Å². The molecule has 1 aromatic carbocycles. The Morgan fingerprint density at radius 1 is 1.20 bits per heavy atom. The Hall–Kier alpha value is -2.70. The lowest BCUT2D eigenvalue weighted by Crippen LogP contribution is -2.50. The van der Waals surface area contributed by atoms with E-state index in [1.54, 1.807) is 18.0 Å². The van der Waals surface area contributed by atoms with Gasteiger partial charge in [-0.05, 0) is 42.9 Å². The molecule has 164 valence electrons. The minimum Gasteiger partial charge on any atom is -0.344 e. The molecule has 30 heavy (non-hydrogen) atoms. The summed E-state index contributed by atoms with van der Waals surface area (Å²) in [7, 11) is 1.76. The van der Waals surface area contributed by atoms with Gasteiger partial charge < -0.3 is 10.2 Å². The van der Waals surface area contributed by atoms with Gasteiger partial charge in [0.05, 0.1) is 5.69 Å². The summed E-state index contributed by atoms with van der Waals surface area (Å²) in [5.41, 5.74) is 2.35. The number of aryl methyl sites for hydroxylation is 1. The van der Waals surface area contributed by atoms with E-state index < -0.39 is 6.04 Å². The summed E-state index contributed by atoms with van der Waals surface area (Å²) in [6.07, 6.45) is 1.87. The van der Waals surface area contributed by atoms with Gasteiger partial charge in [-0.2, -0.15) is 5.10 Å². The maximum atomic E-state index is 13.4. The first-order chi connectivity index (χ1) is 14.2. The summed E-state index contributed by atoms with van der Waals surface area (Å²) in [5, 5.41) is 10.1. The lowest BCUT2D eigenvalue weighted by Gasteiger charge is -2.27. The monoisotopic (exact) mass is 416 g/mol. The van der Waals surface area contributed by atoms with Crippen molar-refractivity contribution in [2.24, 2.45) is 11.8 Å². The Morgan fingerprint density at radius 3 is 2.57 bits per heavy atom. The van der Waals surface area contributed by atoms with Crippen molar-refractivity contribution in [3.05, 3.63) is 41.8 Å². The van der Waals surface area contributed by atoms with Gasteiger partial charge in [-0.1, -0.05) is 39.8 Å². The summed E-state index contributed by atoms with van der Waals surface area (Å²) in [6, 6.07) is 7.71. The maximum Gasteiger partial charge on any atom is 0.245 e. The highest BCUT2D eigenvalue weighted by Crippen LogP contribution is 2.19. The number of rotatable bonds is 10. The fourth-order valence-electron chi connectivity index (χ4n) is 3.26. The van der Waals surface area contributed by atoms with Crippen molar-refractivity contribution in [3.8, 4) is 11.3 Å². The summed E-state index contributed by atoms with van der Waals surface area (Å²) in [4.78, 5) is 26.6. The van der Waals surface area contributed by atoms with Crippen LogP contribution in [0.1, 0.15) is 46.2 Å². The van der Waals surface area contributed by atoms with Gasteiger partial charge in [0.1, 0.15) is 11.9 Å². The van der Waals surface area contributed by atoms with E-state index in [0.717, 1.165) is 17.7 Å². The van der Waals surface area contributed by atoms with Crippen LogP contribution in [0.5, 0.6) is 0 Å². The minimum absolute atomic E-state index is 0.0116. The zero-order chi connectivity index (χ0) is 22.3. The van der Waals surface area contributed by atoms with Crippen LogP contribution >= 0.6 is 0 Å². The zero-order valence-corrected chi connectivity index (χ0v) is 18.5. The zero-order valence-electron chi connectivity index (χ0n) is 18.5. The molecule has 1 unspecified atom stereocenters. The largest absolute Gasteiger partial charge is 0.344 e. The second-order valence-electron chi connectivity index (χ2n) is 8.54. The second kappa shape index (κ2) is 10.9. The van der Waals surface area contributed by atoms with E-state index in [1.165, 1.54) is 12.1 Å². The Morgan fingerprint density at radius 2 is 1.93 bits per heavy atom. The molecule has 2 aromatic rings. The lowest BCUT2D eigenvalue weighted by atomic mass is 10.0. The molecule has 0 aliphatic heterocycles. The third kappa shape index (κ3) is 6.97. The summed E-state index contributed by atoms with van der Waals surface area (Å²) >= 11 is 0. The number of aromatic nitrogens is 2. The molecule has 0 radical (unpaired) electrons. The molecule has 0 saturated heterocycles. The number of benzene rings is 1. The maximum absolute atomic E-state index is 13.4. The number of amides is 2. The number of nitrogens with zero attached hydrogens (tertiary/aromatic N) is 2. The minimum atomic E-state index is -0.520. The summed E-state index contributed by atoms with van der Waals surface area (Å²) in [5.74, 6) is -0.202. The van der Waals surface area contributed by atoms with Crippen LogP contribution in [0.25, 0.3) is 11.3 Å². The molecule has 1 heterocycles. The Labute approximate surface area is 178 Å². The average Bonchev–Trinajstić information content (AvgIpc) is 3.13. The molecule has 2 rings (SSSR count). The van der Waals surface area contributed by atoms with E-state index in [1.807, 2.05) is 39.8 Å². The van der Waals surface area contributed by atoms with E-state index in [4.69, 9.17) is 0 Å². The molecule has 1 aromatic heterocycles. The van der Waals surface area contributed by atoms with Crippen molar-refractivity contribution < 1.29 is 14.0 Å². The van der Waals surface area contributed by atoms with Gasteiger partial charge in [-0.3, -0.25) is 14.7 Å². The molecule has 7 heteroatoms. The average molecular weight is 417 g/mol. The Bertz CT molecular complexity index is 847. The van der Waals surface area contributed by atoms with Gasteiger partial charge in [0, 0.05) is 31.3 Å². The number of hydrogen-bond donors (Lipinski definition) is 2. The normalized spacial score (nSPS) is 12.3. The molecular weight excluding hydrogens is 383 g/mol. The Kier molecular flexibility index (Phi) is 8.57. The predicted molar refractivity (Wildman–Crippen MR) is 116 cm³/mol. The van der Waals surface area contributed by atoms with Crippen LogP contribution in [0.3, 0.4) is 0 Å². The van der Waals surface area contributed by atoms with Gasteiger partial charge in [0.15, 0.2) is 0 Å². The van der Waals surface area contributed by atoms with Gasteiger partial charge in [-0.25, -0.2) is 4.39 Å². The van der Waals surface area contributed by atoms with Crippen LogP contribution in [0.15, 0.2) is 30.3 Å². The number of H-pyrrole nitrogens is 1. The standard InChI is InChI=1S/C23H33FN4O2/c1-15(2)12-21(29)25-22(16(3)4)23(30)28(5)11-7-10-19-14-20(27-26-19)17-8-6-9-18(24)13-17/h6,8-9,13-16,22H,7,10-12H2,1-5H3,(H,25,29)(H,26,27). The van der Waals surface area contributed by atoms with Gasteiger partial charge in [0.25, 0.3) is 0 Å². The molecular formula is C23H33FN4O2. The van der Waals surface area contributed by atoms with Crippen molar-refractivity contribution in [3.63, 3.8) is 0 Å². The van der Waals surface area contributed by atoms with Crippen molar-refractivity contribution in [2.75, 3.05) is 13.6 Å². The first-order valence-corrected chi connectivity index (χ1v) is 10.5. The molecule has 2 amide bonds. The molecule has 0 saturated carbocycles. The molecule has 1 atom stereocenters. The Balaban J connectivity index is 1.87. The van der Waals surface area contributed by atoms with Gasteiger partial charge in [-0.15, -0.1) is 0 Å². The van der Waals surface area contributed by atoms with Crippen LogP contribution in [0.2, 0.25) is 0 Å². The fraction of sp³-hybridized carbons (Fsp3) is 0.522. The second-order valence-corrected chi connectivity index (χ2v) is 8.54. The van der Waals surface area contributed by atoms with Crippen molar-refractivity contribution in [1.82, 2.24) is 20.4 Å². The molecule has 0 aliphatic rings. The van der Waals surface area contributed by atoms with Crippen LogP contribution in [-0.4, -0.2) is 46.5 Å². The van der Waals surface area contributed by atoms with Crippen molar-refractivity contribution >= 4 is 11.8 Å².